The summed E-state index contributed by atoms with van der Waals surface area (Å²) < 4.78 is 22.9. The third kappa shape index (κ3) is 60.6. The first-order valence-corrected chi connectivity index (χ1v) is 33.0. The summed E-state index contributed by atoms with van der Waals surface area (Å²) in [5.41, 5.74) is 0. The van der Waals surface area contributed by atoms with E-state index in [1.165, 1.54) is 205 Å². The van der Waals surface area contributed by atoms with Crippen molar-refractivity contribution in [3.05, 3.63) is 60.8 Å². The van der Waals surface area contributed by atoms with Gasteiger partial charge in [0.25, 0.3) is 6.29 Å². The number of hydrogen-bond donors (Lipinski definition) is 1. The van der Waals surface area contributed by atoms with Crippen LogP contribution in [0.4, 0.5) is 0 Å². The maximum atomic E-state index is 12.9. The lowest BCUT2D eigenvalue weighted by Crippen LogP contribution is -2.40. The third-order valence-corrected chi connectivity index (χ3v) is 14.5. The Morgan fingerprint density at radius 3 is 1.09 bits per heavy atom. The molecule has 0 fully saturated rings. The van der Waals surface area contributed by atoms with E-state index in [9.17, 15) is 19.5 Å². The highest BCUT2D eigenvalue weighted by Crippen LogP contribution is 2.18. The topological polar surface area (TPSA) is 108 Å². The summed E-state index contributed by atoms with van der Waals surface area (Å²) in [6.45, 7) is 4.81. The average molecular weight is 1100 g/mol. The van der Waals surface area contributed by atoms with Crippen molar-refractivity contribution in [3.63, 3.8) is 0 Å². The number of quaternary nitrogens is 1. The van der Waals surface area contributed by atoms with Crippen LogP contribution in [-0.2, 0) is 33.3 Å². The van der Waals surface area contributed by atoms with Crippen LogP contribution in [0.3, 0.4) is 0 Å². The summed E-state index contributed by atoms with van der Waals surface area (Å²) >= 11 is 0. The van der Waals surface area contributed by atoms with E-state index in [1.54, 1.807) is 0 Å². The first-order valence-electron chi connectivity index (χ1n) is 33.0. The number of likely N-dealkylation sites (N-methyl/N-ethyl adjacent to an activating group) is 1. The van der Waals surface area contributed by atoms with E-state index < -0.39 is 18.4 Å². The number of hydrogen-bond acceptors (Lipinski definition) is 7. The Labute approximate surface area is 482 Å². The Morgan fingerprint density at radius 1 is 0.397 bits per heavy atom. The minimum atomic E-state index is -1.51. The Morgan fingerprint density at radius 2 is 0.731 bits per heavy atom. The van der Waals surface area contributed by atoms with Gasteiger partial charge < -0.3 is 28.5 Å². The van der Waals surface area contributed by atoms with Crippen LogP contribution in [0.5, 0.6) is 0 Å². The summed E-state index contributed by atoms with van der Waals surface area (Å²) in [4.78, 5) is 37.5. The fraction of sp³-hybridized carbons (Fsp3) is 0.812. The zero-order valence-corrected chi connectivity index (χ0v) is 51.8. The number of ether oxygens (including phenoxy) is 4. The lowest BCUT2D eigenvalue weighted by Gasteiger charge is -2.25. The van der Waals surface area contributed by atoms with Gasteiger partial charge >= 0.3 is 17.9 Å². The van der Waals surface area contributed by atoms with Crippen molar-refractivity contribution in [3.8, 4) is 0 Å². The van der Waals surface area contributed by atoms with Crippen LogP contribution in [-0.4, -0.2) is 87.4 Å². The maximum Gasteiger partial charge on any atom is 0.361 e. The van der Waals surface area contributed by atoms with Crippen LogP contribution in [0.2, 0.25) is 0 Å². The molecule has 0 aromatic carbocycles. The SMILES string of the molecule is CC/C=C\C/C=C\C/C=C\C/C=C\C/C=C\CCCCCCCCCCCCCCCCCCCCCCCC(=O)OC(COC(=O)CCCCCCCCCCCCCCCCCC)COC(OCC[N+](C)(C)C)C(=O)O. The second-order valence-electron chi connectivity index (χ2n) is 23.4. The zero-order valence-electron chi connectivity index (χ0n) is 51.8. The van der Waals surface area contributed by atoms with Crippen molar-refractivity contribution in [2.45, 2.75) is 315 Å². The third-order valence-electron chi connectivity index (χ3n) is 14.5. The fourth-order valence-electron chi connectivity index (χ4n) is 9.51. The smallest absolute Gasteiger partial charge is 0.361 e. The molecule has 0 aliphatic heterocycles. The van der Waals surface area contributed by atoms with Crippen molar-refractivity contribution in [2.24, 2.45) is 0 Å². The number of aliphatic carboxylic acids is 1. The Kier molecular flexibility index (Phi) is 57.8. The van der Waals surface area contributed by atoms with Crippen LogP contribution in [0.25, 0.3) is 0 Å². The number of carbonyl (C=O) groups excluding carboxylic acids is 2. The van der Waals surface area contributed by atoms with E-state index >= 15 is 0 Å². The summed E-state index contributed by atoms with van der Waals surface area (Å²) in [6, 6.07) is 0. The van der Waals surface area contributed by atoms with Crippen molar-refractivity contribution < 1.29 is 42.9 Å². The van der Waals surface area contributed by atoms with Crippen molar-refractivity contribution in [2.75, 3.05) is 47.5 Å². The summed E-state index contributed by atoms with van der Waals surface area (Å²) in [6.07, 6.45) is 74.7. The molecule has 0 saturated carbocycles. The average Bonchev–Trinajstić information content (AvgIpc) is 3.41. The normalized spacial score (nSPS) is 13.1. The molecule has 2 atom stereocenters. The lowest BCUT2D eigenvalue weighted by molar-refractivity contribution is -0.870. The van der Waals surface area contributed by atoms with Gasteiger partial charge in [-0.25, -0.2) is 4.79 Å². The van der Waals surface area contributed by atoms with Crippen LogP contribution in [0, 0.1) is 0 Å². The van der Waals surface area contributed by atoms with E-state index in [2.05, 4.69) is 74.6 Å². The van der Waals surface area contributed by atoms with E-state index in [0.29, 0.717) is 17.4 Å². The predicted molar refractivity (Wildman–Crippen MR) is 332 cm³/mol. The number of rotatable bonds is 61. The fourth-order valence-corrected chi connectivity index (χ4v) is 9.51. The second kappa shape index (κ2) is 60.1. The van der Waals surface area contributed by atoms with Crippen LogP contribution in [0.1, 0.15) is 303 Å². The maximum absolute atomic E-state index is 12.9. The Balaban J connectivity index is 4.01. The first kappa shape index (κ1) is 75.0. The highest BCUT2D eigenvalue weighted by atomic mass is 16.7. The molecule has 0 radical (unpaired) electrons. The van der Waals surface area contributed by atoms with Gasteiger partial charge in [0.2, 0.25) is 0 Å². The molecule has 2 unspecified atom stereocenters. The second-order valence-corrected chi connectivity index (χ2v) is 23.4. The molecule has 0 aliphatic rings. The van der Waals surface area contributed by atoms with Crippen molar-refractivity contribution in [1.29, 1.82) is 0 Å². The predicted octanol–water partition coefficient (Wildman–Crippen LogP) is 20.0. The molecule has 1 N–H and O–H groups in total. The number of unbranched alkanes of at least 4 members (excludes halogenated alkanes) is 36. The Bertz CT molecular complexity index is 1460. The minimum absolute atomic E-state index is 0.177. The van der Waals surface area contributed by atoms with Crippen LogP contribution in [0.15, 0.2) is 60.8 Å². The molecule has 78 heavy (non-hydrogen) atoms. The van der Waals surface area contributed by atoms with Crippen LogP contribution >= 0.6 is 0 Å². The van der Waals surface area contributed by atoms with Gasteiger partial charge in [0.1, 0.15) is 13.2 Å². The number of allylic oxidation sites excluding steroid dienone is 10. The summed E-state index contributed by atoms with van der Waals surface area (Å²) in [5.74, 6) is -1.98. The number of nitrogens with zero attached hydrogens (tertiary/aromatic N) is 1. The van der Waals surface area contributed by atoms with E-state index in [-0.39, 0.29) is 38.2 Å². The zero-order chi connectivity index (χ0) is 56.9. The molecule has 9 nitrogen and oxygen atoms in total. The van der Waals surface area contributed by atoms with Gasteiger partial charge in [0.15, 0.2) is 6.10 Å². The van der Waals surface area contributed by atoms with Gasteiger partial charge in [-0.15, -0.1) is 0 Å². The number of carbonyl (C=O) groups is 3. The van der Waals surface area contributed by atoms with E-state index in [1.807, 2.05) is 21.1 Å². The van der Waals surface area contributed by atoms with Gasteiger partial charge in [0, 0.05) is 12.8 Å². The minimum Gasteiger partial charge on any atom is -0.477 e. The molecule has 454 valence electrons. The Hall–Kier alpha value is -3.01. The molecule has 0 heterocycles. The van der Waals surface area contributed by atoms with E-state index in [0.717, 1.165) is 70.6 Å². The molecule has 0 aromatic heterocycles. The highest BCUT2D eigenvalue weighted by Gasteiger charge is 2.25. The monoisotopic (exact) mass is 1100 g/mol. The molecule has 0 aliphatic carbocycles. The molecule has 0 saturated heterocycles. The van der Waals surface area contributed by atoms with Crippen molar-refractivity contribution in [1.82, 2.24) is 0 Å². The van der Waals surface area contributed by atoms with Gasteiger partial charge in [-0.1, -0.05) is 293 Å². The molecular weight excluding hydrogens is 971 g/mol. The quantitative estimate of drug-likeness (QED) is 0.0211. The largest absolute Gasteiger partial charge is 0.477 e. The van der Waals surface area contributed by atoms with Crippen LogP contribution < -0.4 is 0 Å². The van der Waals surface area contributed by atoms with Gasteiger partial charge in [-0.3, -0.25) is 9.59 Å². The highest BCUT2D eigenvalue weighted by molar-refractivity contribution is 5.71. The standard InChI is InChI=1S/C69H125NO8/c1-6-8-10-12-14-16-18-20-22-24-25-26-27-28-29-30-31-32-33-34-35-36-37-38-39-40-41-42-43-44-46-48-50-52-54-56-58-60-67(72)78-65(64-77-69(68(73)74)75-62-61-70(3,4)5)63-76-66(71)59-57-55-53-51-49-47-45-23-21-19-17-15-13-11-9-7-2/h8,10,14,16,20,22,25-26,28-29,65,69H,6-7,9,11-13,15,17-19,21,23-24,27,30-64H2,1-5H3/p+1/b10-8-,16-14-,22-20-,26-25-,29-28-. The summed E-state index contributed by atoms with van der Waals surface area (Å²) in [7, 11) is 5.98. The molecule has 0 spiro atoms. The summed E-state index contributed by atoms with van der Waals surface area (Å²) in [5, 5.41) is 9.72. The molecule has 0 amide bonds. The van der Waals surface area contributed by atoms with Gasteiger partial charge in [0.05, 0.1) is 34.4 Å². The molecule has 9 heteroatoms. The van der Waals surface area contributed by atoms with Gasteiger partial charge in [-0.2, -0.15) is 0 Å². The van der Waals surface area contributed by atoms with Gasteiger partial charge in [-0.05, 0) is 57.8 Å². The number of esters is 2. The lowest BCUT2D eigenvalue weighted by atomic mass is 10.0. The molecule has 0 bridgehead atoms. The molecule has 0 aromatic rings. The van der Waals surface area contributed by atoms with E-state index in [4.69, 9.17) is 18.9 Å². The molecule has 0 rings (SSSR count). The first-order chi connectivity index (χ1) is 38.1. The van der Waals surface area contributed by atoms with Crippen molar-refractivity contribution >= 4 is 17.9 Å². The number of carboxylic acid groups (broad SMARTS) is 1. The number of carboxylic acids is 1. The molecular formula is C69H126NO8+.